The number of carbonyl (C=O) groups excluding carboxylic acids is 2. The van der Waals surface area contributed by atoms with E-state index >= 15 is 0 Å². The minimum absolute atomic E-state index is 0.0108. The van der Waals surface area contributed by atoms with Crippen LogP contribution in [0, 0.1) is 5.92 Å². The molecule has 204 valence electrons. The van der Waals surface area contributed by atoms with Gasteiger partial charge in [-0.3, -0.25) is 4.79 Å². The minimum Gasteiger partial charge on any atom is -0.391 e. The summed E-state index contributed by atoms with van der Waals surface area (Å²) < 4.78 is 5.41. The van der Waals surface area contributed by atoms with Gasteiger partial charge in [-0.25, -0.2) is 14.8 Å². The average Bonchev–Trinajstić information content (AvgIpc) is 2.90. The Morgan fingerprint density at radius 1 is 1.03 bits per heavy atom. The maximum Gasteiger partial charge on any atom is 0.414 e. The van der Waals surface area contributed by atoms with Gasteiger partial charge < -0.3 is 26.0 Å². The molecule has 1 aromatic heterocycles. The lowest BCUT2D eigenvalue weighted by Crippen LogP contribution is -2.47. The van der Waals surface area contributed by atoms with E-state index in [-0.39, 0.29) is 18.7 Å². The lowest BCUT2D eigenvalue weighted by molar-refractivity contribution is -0.123. The molecule has 9 nitrogen and oxygen atoms in total. The lowest BCUT2D eigenvalue weighted by atomic mass is 9.87. The van der Waals surface area contributed by atoms with E-state index in [1.165, 1.54) is 6.20 Å². The van der Waals surface area contributed by atoms with Crippen LogP contribution in [0.4, 0.5) is 4.79 Å². The Bertz CT molecular complexity index is 1450. The zero-order chi connectivity index (χ0) is 28.0. The number of carbonyl (C=O) groups is 2. The van der Waals surface area contributed by atoms with Crippen molar-refractivity contribution < 1.29 is 24.5 Å². The Morgan fingerprint density at radius 2 is 1.72 bits per heavy atom. The average molecular weight is 531 g/mol. The van der Waals surface area contributed by atoms with Gasteiger partial charge in [0.15, 0.2) is 0 Å². The van der Waals surface area contributed by atoms with Crippen LogP contribution in [0.15, 0.2) is 72.9 Å². The molecular weight excluding hydrogens is 496 g/mol. The summed E-state index contributed by atoms with van der Waals surface area (Å²) in [4.78, 5) is 33.7. The van der Waals surface area contributed by atoms with Gasteiger partial charge in [0.25, 0.3) is 0 Å². The number of aliphatic hydroxyl groups is 2. The van der Waals surface area contributed by atoms with Crippen LogP contribution < -0.4 is 15.8 Å². The van der Waals surface area contributed by atoms with Crippen LogP contribution in [-0.4, -0.2) is 49.9 Å². The Morgan fingerprint density at radius 3 is 2.46 bits per heavy atom. The predicted molar refractivity (Wildman–Crippen MR) is 149 cm³/mol. The summed E-state index contributed by atoms with van der Waals surface area (Å²) >= 11 is 0. The SMILES string of the molecule is CC(C)(O)CC[C@H](C[C@H](O)[C@H](Cc1cccc2ccccc12)NC(=O)Oc1cnc2ccccc2n1)C(N)=O. The van der Waals surface area contributed by atoms with Crippen molar-refractivity contribution in [3.05, 3.63) is 78.5 Å². The first-order chi connectivity index (χ1) is 18.6. The number of fused-ring (bicyclic) bond motifs is 2. The molecule has 5 N–H and O–H groups in total. The number of ether oxygens (including phenoxy) is 1. The molecule has 1 heterocycles. The number of para-hydroxylation sites is 2. The van der Waals surface area contributed by atoms with Crippen molar-refractivity contribution in [1.29, 1.82) is 0 Å². The Labute approximate surface area is 227 Å². The van der Waals surface area contributed by atoms with Gasteiger partial charge in [0.2, 0.25) is 11.8 Å². The zero-order valence-corrected chi connectivity index (χ0v) is 22.1. The van der Waals surface area contributed by atoms with Crippen LogP contribution in [0.2, 0.25) is 0 Å². The molecule has 0 fully saturated rings. The van der Waals surface area contributed by atoms with Crippen molar-refractivity contribution in [2.45, 2.75) is 57.3 Å². The second-order valence-electron chi connectivity index (χ2n) is 10.4. The molecule has 0 saturated carbocycles. The number of aliphatic hydroxyl groups excluding tert-OH is 1. The van der Waals surface area contributed by atoms with E-state index in [0.29, 0.717) is 23.9 Å². The molecule has 39 heavy (non-hydrogen) atoms. The number of aromatic nitrogens is 2. The largest absolute Gasteiger partial charge is 0.414 e. The smallest absolute Gasteiger partial charge is 0.391 e. The molecule has 0 aliphatic carbocycles. The Balaban J connectivity index is 1.55. The molecular formula is C30H34N4O5. The van der Waals surface area contributed by atoms with Gasteiger partial charge in [-0.2, -0.15) is 0 Å². The maximum absolute atomic E-state index is 13.0. The highest BCUT2D eigenvalue weighted by Crippen LogP contribution is 2.24. The van der Waals surface area contributed by atoms with Gasteiger partial charge in [0, 0.05) is 5.92 Å². The van der Waals surface area contributed by atoms with Crippen molar-refractivity contribution in [2.24, 2.45) is 11.7 Å². The van der Waals surface area contributed by atoms with E-state index in [1.807, 2.05) is 54.6 Å². The van der Waals surface area contributed by atoms with Gasteiger partial charge in [-0.1, -0.05) is 54.6 Å². The van der Waals surface area contributed by atoms with Crippen molar-refractivity contribution in [2.75, 3.05) is 0 Å². The van der Waals surface area contributed by atoms with Crippen molar-refractivity contribution in [1.82, 2.24) is 15.3 Å². The van der Waals surface area contributed by atoms with Gasteiger partial charge in [0.05, 0.1) is 35.0 Å². The molecule has 0 aliphatic heterocycles. The summed E-state index contributed by atoms with van der Waals surface area (Å²) in [7, 11) is 0. The van der Waals surface area contributed by atoms with E-state index in [2.05, 4.69) is 15.3 Å². The topological polar surface area (TPSA) is 148 Å². The second kappa shape index (κ2) is 12.2. The molecule has 0 saturated heterocycles. The summed E-state index contributed by atoms with van der Waals surface area (Å²) in [6.07, 6.45) is 0.340. The number of nitrogens with zero attached hydrogens (tertiary/aromatic N) is 2. The molecule has 0 aliphatic rings. The Kier molecular flexibility index (Phi) is 8.73. The van der Waals surface area contributed by atoms with Crippen LogP contribution in [-0.2, 0) is 11.2 Å². The fourth-order valence-corrected chi connectivity index (χ4v) is 4.62. The van der Waals surface area contributed by atoms with E-state index in [0.717, 1.165) is 16.3 Å². The number of nitrogens with one attached hydrogen (secondary N) is 1. The van der Waals surface area contributed by atoms with Crippen LogP contribution >= 0.6 is 0 Å². The summed E-state index contributed by atoms with van der Waals surface area (Å²) in [5, 5.41) is 26.2. The highest BCUT2D eigenvalue weighted by Gasteiger charge is 2.29. The molecule has 0 spiro atoms. The zero-order valence-electron chi connectivity index (χ0n) is 22.1. The summed E-state index contributed by atoms with van der Waals surface area (Å²) in [6.45, 7) is 3.30. The number of hydrogen-bond donors (Lipinski definition) is 4. The molecule has 3 atom stereocenters. The number of primary amides is 1. The third-order valence-electron chi connectivity index (χ3n) is 6.74. The van der Waals surface area contributed by atoms with E-state index in [9.17, 15) is 19.8 Å². The third kappa shape index (κ3) is 7.72. The summed E-state index contributed by atoms with van der Waals surface area (Å²) in [5.74, 6) is -1.24. The third-order valence-corrected chi connectivity index (χ3v) is 6.74. The van der Waals surface area contributed by atoms with Crippen molar-refractivity contribution in [3.63, 3.8) is 0 Å². The quantitative estimate of drug-likeness (QED) is 0.230. The van der Waals surface area contributed by atoms with Crippen molar-refractivity contribution in [3.8, 4) is 5.88 Å². The molecule has 0 bridgehead atoms. The molecule has 3 aromatic carbocycles. The number of nitrogens with two attached hydrogens (primary N) is 1. The molecule has 9 heteroatoms. The molecule has 4 aromatic rings. The van der Waals surface area contributed by atoms with Crippen LogP contribution in [0.1, 0.15) is 38.7 Å². The van der Waals surface area contributed by atoms with Crippen LogP contribution in [0.3, 0.4) is 0 Å². The first kappa shape index (κ1) is 27.9. The van der Waals surface area contributed by atoms with E-state index in [1.54, 1.807) is 26.0 Å². The minimum atomic E-state index is -1.13. The van der Waals surface area contributed by atoms with E-state index in [4.69, 9.17) is 10.5 Å². The number of hydrogen-bond acceptors (Lipinski definition) is 7. The van der Waals surface area contributed by atoms with Gasteiger partial charge >= 0.3 is 6.09 Å². The predicted octanol–water partition coefficient (Wildman–Crippen LogP) is 3.89. The molecule has 0 unspecified atom stereocenters. The standard InChI is InChI=1S/C30H34N4O5/c1-30(2,38)15-14-21(28(31)36)17-26(35)25(16-20-10-7-9-19-8-3-4-11-22(19)20)34-29(37)39-27-18-32-23-12-5-6-13-24(23)33-27/h3-13,18,21,25-26,35,38H,14-17H2,1-2H3,(H2,31,36)(H,34,37)/t21-,25+,26+/m1/s1. The fourth-order valence-electron chi connectivity index (χ4n) is 4.62. The first-order valence-corrected chi connectivity index (χ1v) is 13.0. The number of rotatable bonds is 11. The van der Waals surface area contributed by atoms with Gasteiger partial charge in [-0.15, -0.1) is 0 Å². The Hall–Kier alpha value is -4.08. The highest BCUT2D eigenvalue weighted by molar-refractivity contribution is 5.86. The fraction of sp³-hybridized carbons (Fsp3) is 0.333. The summed E-state index contributed by atoms with van der Waals surface area (Å²) in [6, 6.07) is 20.1. The molecule has 2 amide bonds. The molecule has 0 radical (unpaired) electrons. The number of benzene rings is 3. The molecule has 4 rings (SSSR count). The first-order valence-electron chi connectivity index (χ1n) is 13.0. The monoisotopic (exact) mass is 530 g/mol. The van der Waals surface area contributed by atoms with Gasteiger partial charge in [0.1, 0.15) is 0 Å². The van der Waals surface area contributed by atoms with E-state index < -0.39 is 35.7 Å². The normalized spacial score (nSPS) is 14.1. The van der Waals surface area contributed by atoms with Gasteiger partial charge in [-0.05, 0) is 68.0 Å². The second-order valence-corrected chi connectivity index (χ2v) is 10.4. The maximum atomic E-state index is 13.0. The lowest BCUT2D eigenvalue weighted by Gasteiger charge is -2.28. The van der Waals surface area contributed by atoms with Crippen LogP contribution in [0.5, 0.6) is 5.88 Å². The highest BCUT2D eigenvalue weighted by atomic mass is 16.6. The number of amides is 2. The van der Waals surface area contributed by atoms with Crippen LogP contribution in [0.25, 0.3) is 21.8 Å². The van der Waals surface area contributed by atoms with Crippen molar-refractivity contribution >= 4 is 33.8 Å². The summed E-state index contributed by atoms with van der Waals surface area (Å²) in [5.41, 5.74) is 6.80.